The summed E-state index contributed by atoms with van der Waals surface area (Å²) in [6.07, 6.45) is 3.93. The number of hydrogen-bond acceptors (Lipinski definition) is 7. The van der Waals surface area contributed by atoms with Crippen LogP contribution in [0.15, 0.2) is 49.3 Å². The number of anilines is 1. The Kier molecular flexibility index (Phi) is 5.57. The fourth-order valence-corrected chi connectivity index (χ4v) is 3.34. The van der Waals surface area contributed by atoms with Gasteiger partial charge in [-0.05, 0) is 19.1 Å². The Morgan fingerprint density at radius 1 is 1.10 bits per heavy atom. The fourth-order valence-electron chi connectivity index (χ4n) is 3.16. The van der Waals surface area contributed by atoms with Gasteiger partial charge in [-0.2, -0.15) is 5.10 Å². The molecule has 1 unspecified atom stereocenters. The average molecular weight is 414 g/mol. The first-order valence-electron chi connectivity index (χ1n) is 9.24. The lowest BCUT2D eigenvalue weighted by Crippen LogP contribution is -2.52. The molecular weight excluding hydrogens is 394 g/mol. The molecule has 0 saturated carbocycles. The van der Waals surface area contributed by atoms with Crippen molar-refractivity contribution < 1.29 is 9.53 Å². The average Bonchev–Trinajstić information content (AvgIpc) is 3.30. The van der Waals surface area contributed by atoms with Gasteiger partial charge in [0.2, 0.25) is 0 Å². The number of amides is 1. The molecule has 1 aromatic carbocycles. The van der Waals surface area contributed by atoms with E-state index in [1.54, 1.807) is 35.0 Å². The van der Waals surface area contributed by atoms with Crippen LogP contribution in [0.4, 0.5) is 5.82 Å². The highest BCUT2D eigenvalue weighted by atomic mass is 35.5. The van der Waals surface area contributed by atoms with E-state index in [0.29, 0.717) is 42.8 Å². The first-order valence-corrected chi connectivity index (χ1v) is 9.61. The molecule has 9 nitrogen and oxygen atoms in total. The van der Waals surface area contributed by atoms with Crippen LogP contribution in [0.25, 0.3) is 5.82 Å². The lowest BCUT2D eigenvalue weighted by Gasteiger charge is -2.36. The Morgan fingerprint density at radius 3 is 2.59 bits per heavy atom. The van der Waals surface area contributed by atoms with Crippen LogP contribution in [-0.4, -0.2) is 67.8 Å². The maximum Gasteiger partial charge on any atom is 0.263 e. The molecule has 1 saturated heterocycles. The van der Waals surface area contributed by atoms with Gasteiger partial charge in [0.05, 0.1) is 5.02 Å². The summed E-state index contributed by atoms with van der Waals surface area (Å²) >= 11 is 6.12. The Balaban J connectivity index is 1.36. The number of ether oxygens (including phenoxy) is 1. The van der Waals surface area contributed by atoms with E-state index in [1.807, 2.05) is 18.2 Å². The number of nitrogens with zero attached hydrogens (tertiary/aromatic N) is 7. The molecule has 1 atom stereocenters. The third-order valence-corrected chi connectivity index (χ3v) is 5.01. The number of para-hydroxylation sites is 1. The van der Waals surface area contributed by atoms with Gasteiger partial charge in [-0.25, -0.2) is 19.6 Å². The molecular formula is C19H20ClN7O2. The van der Waals surface area contributed by atoms with Gasteiger partial charge in [0.25, 0.3) is 5.91 Å². The van der Waals surface area contributed by atoms with Gasteiger partial charge in [-0.1, -0.05) is 23.7 Å². The zero-order valence-corrected chi connectivity index (χ0v) is 16.6. The van der Waals surface area contributed by atoms with Gasteiger partial charge in [0.1, 0.15) is 30.5 Å². The summed E-state index contributed by atoms with van der Waals surface area (Å²) in [7, 11) is 0. The van der Waals surface area contributed by atoms with Crippen LogP contribution in [0.1, 0.15) is 6.92 Å². The van der Waals surface area contributed by atoms with Crippen molar-refractivity contribution >= 4 is 23.3 Å². The molecule has 1 amide bonds. The largest absolute Gasteiger partial charge is 0.479 e. The van der Waals surface area contributed by atoms with Gasteiger partial charge in [-0.3, -0.25) is 4.79 Å². The van der Waals surface area contributed by atoms with E-state index in [-0.39, 0.29) is 5.91 Å². The molecule has 10 heteroatoms. The van der Waals surface area contributed by atoms with Gasteiger partial charge in [-0.15, -0.1) is 0 Å². The molecule has 1 aliphatic heterocycles. The molecule has 1 aliphatic rings. The minimum absolute atomic E-state index is 0.0597. The van der Waals surface area contributed by atoms with Gasteiger partial charge in [0.15, 0.2) is 11.9 Å². The van der Waals surface area contributed by atoms with Gasteiger partial charge >= 0.3 is 0 Å². The van der Waals surface area contributed by atoms with Crippen molar-refractivity contribution in [1.29, 1.82) is 0 Å². The third kappa shape index (κ3) is 4.29. The van der Waals surface area contributed by atoms with E-state index in [2.05, 4.69) is 25.0 Å². The molecule has 0 radical (unpaired) electrons. The quantitative estimate of drug-likeness (QED) is 0.630. The van der Waals surface area contributed by atoms with Crippen molar-refractivity contribution in [1.82, 2.24) is 29.6 Å². The van der Waals surface area contributed by atoms with Crippen molar-refractivity contribution in [3.8, 4) is 11.6 Å². The Labute approximate surface area is 172 Å². The molecule has 2 aromatic heterocycles. The number of piperazine rings is 1. The summed E-state index contributed by atoms with van der Waals surface area (Å²) in [5.74, 6) is 1.89. The van der Waals surface area contributed by atoms with E-state index in [4.69, 9.17) is 16.3 Å². The van der Waals surface area contributed by atoms with E-state index in [9.17, 15) is 4.79 Å². The molecule has 150 valence electrons. The second kappa shape index (κ2) is 8.44. The second-order valence-electron chi connectivity index (χ2n) is 6.58. The molecule has 0 bridgehead atoms. The van der Waals surface area contributed by atoms with Crippen molar-refractivity contribution in [2.75, 3.05) is 31.1 Å². The van der Waals surface area contributed by atoms with Crippen LogP contribution >= 0.6 is 11.6 Å². The Bertz CT molecular complexity index is 974. The molecule has 3 aromatic rings. The minimum atomic E-state index is -0.612. The van der Waals surface area contributed by atoms with Crippen LogP contribution in [0.3, 0.4) is 0 Å². The maximum absolute atomic E-state index is 12.8. The summed E-state index contributed by atoms with van der Waals surface area (Å²) in [4.78, 5) is 29.2. The number of rotatable bonds is 5. The van der Waals surface area contributed by atoms with Crippen molar-refractivity contribution in [3.05, 3.63) is 54.3 Å². The van der Waals surface area contributed by atoms with Crippen LogP contribution in [0, 0.1) is 0 Å². The zero-order valence-electron chi connectivity index (χ0n) is 15.8. The SMILES string of the molecule is CC(Oc1ccccc1Cl)C(=O)N1CCN(c2cc(-n3cncn3)ncn2)CC1. The van der Waals surface area contributed by atoms with Crippen LogP contribution in [-0.2, 0) is 4.79 Å². The highest BCUT2D eigenvalue weighted by Gasteiger charge is 2.27. The minimum Gasteiger partial charge on any atom is -0.479 e. The molecule has 0 spiro atoms. The summed E-state index contributed by atoms with van der Waals surface area (Å²) in [5, 5.41) is 4.58. The van der Waals surface area contributed by atoms with Crippen LogP contribution in [0.5, 0.6) is 5.75 Å². The van der Waals surface area contributed by atoms with Crippen LogP contribution < -0.4 is 9.64 Å². The highest BCUT2D eigenvalue weighted by Crippen LogP contribution is 2.25. The predicted molar refractivity (Wildman–Crippen MR) is 107 cm³/mol. The first kappa shape index (κ1) is 19.1. The Hall–Kier alpha value is -3.20. The lowest BCUT2D eigenvalue weighted by atomic mass is 10.2. The summed E-state index contributed by atoms with van der Waals surface area (Å²) in [6.45, 7) is 4.24. The normalized spacial score (nSPS) is 15.2. The fraction of sp³-hybridized carbons (Fsp3) is 0.316. The molecule has 4 rings (SSSR count). The third-order valence-electron chi connectivity index (χ3n) is 4.70. The summed E-state index contributed by atoms with van der Waals surface area (Å²) in [6, 6.07) is 9.00. The molecule has 0 N–H and O–H groups in total. The van der Waals surface area contributed by atoms with Gasteiger partial charge in [0, 0.05) is 32.2 Å². The summed E-state index contributed by atoms with van der Waals surface area (Å²) in [5.41, 5.74) is 0. The Morgan fingerprint density at radius 2 is 1.86 bits per heavy atom. The van der Waals surface area contributed by atoms with E-state index >= 15 is 0 Å². The van der Waals surface area contributed by atoms with E-state index in [0.717, 1.165) is 5.82 Å². The zero-order chi connectivity index (χ0) is 20.2. The van der Waals surface area contributed by atoms with Crippen LogP contribution in [0.2, 0.25) is 5.02 Å². The van der Waals surface area contributed by atoms with Crippen molar-refractivity contribution in [2.45, 2.75) is 13.0 Å². The highest BCUT2D eigenvalue weighted by molar-refractivity contribution is 6.32. The summed E-state index contributed by atoms with van der Waals surface area (Å²) < 4.78 is 7.34. The van der Waals surface area contributed by atoms with E-state index < -0.39 is 6.10 Å². The molecule has 3 heterocycles. The van der Waals surface area contributed by atoms with Crippen molar-refractivity contribution in [2.24, 2.45) is 0 Å². The van der Waals surface area contributed by atoms with Crippen molar-refractivity contribution in [3.63, 3.8) is 0 Å². The molecule has 29 heavy (non-hydrogen) atoms. The topological polar surface area (TPSA) is 89.3 Å². The van der Waals surface area contributed by atoms with Gasteiger partial charge < -0.3 is 14.5 Å². The maximum atomic E-state index is 12.8. The number of halogens is 1. The van der Waals surface area contributed by atoms with E-state index in [1.165, 1.54) is 12.7 Å². The molecule has 1 fully saturated rings. The standard InChI is InChI=1S/C19H20ClN7O2/c1-14(29-16-5-3-2-4-15(16)20)19(28)26-8-6-25(7-9-26)17-10-18(23-12-22-17)27-13-21-11-24-27/h2-5,10-14H,6-9H2,1H3. The number of aromatic nitrogens is 5. The molecule has 0 aliphatic carbocycles. The first-order chi connectivity index (χ1) is 14.1. The number of carbonyl (C=O) groups is 1. The number of carbonyl (C=O) groups excluding carboxylic acids is 1. The monoisotopic (exact) mass is 413 g/mol. The second-order valence-corrected chi connectivity index (χ2v) is 6.98. The lowest BCUT2D eigenvalue weighted by molar-refractivity contribution is -0.138. The number of benzene rings is 1. The number of hydrogen-bond donors (Lipinski definition) is 0. The predicted octanol–water partition coefficient (Wildman–Crippen LogP) is 1.83. The smallest absolute Gasteiger partial charge is 0.263 e.